The van der Waals surface area contributed by atoms with Crippen molar-refractivity contribution in [2.24, 2.45) is 11.7 Å². The van der Waals surface area contributed by atoms with Gasteiger partial charge < -0.3 is 10.6 Å². The second-order valence-corrected chi connectivity index (χ2v) is 5.57. The van der Waals surface area contributed by atoms with Crippen molar-refractivity contribution in [2.45, 2.75) is 26.7 Å². The molecule has 1 heterocycles. The monoisotopic (exact) mass is 270 g/mol. The number of piperidine rings is 1. The van der Waals surface area contributed by atoms with Crippen LogP contribution in [0.1, 0.15) is 41.3 Å². The van der Waals surface area contributed by atoms with Gasteiger partial charge in [0.05, 0.1) is 6.54 Å². The van der Waals surface area contributed by atoms with Gasteiger partial charge >= 0.3 is 0 Å². The maximum Gasteiger partial charge on any atom is 0.253 e. The number of aryl methyl sites for hydroxylation is 1. The van der Waals surface area contributed by atoms with E-state index in [-0.39, 0.29) is 5.91 Å². The van der Waals surface area contributed by atoms with E-state index in [0.717, 1.165) is 48.5 Å². The summed E-state index contributed by atoms with van der Waals surface area (Å²) in [5.41, 5.74) is 8.05. The zero-order valence-corrected chi connectivity index (χ0v) is 12.3. The SMILES string of the molecule is Cc1cc(C#CCN)cc(C(=O)N2CCC(C)CC2)c1. The van der Waals surface area contributed by atoms with Gasteiger partial charge in [0.2, 0.25) is 0 Å². The number of nitrogens with zero attached hydrogens (tertiary/aromatic N) is 1. The van der Waals surface area contributed by atoms with Gasteiger partial charge in [-0.05, 0) is 49.4 Å². The van der Waals surface area contributed by atoms with E-state index < -0.39 is 0 Å². The van der Waals surface area contributed by atoms with Crippen molar-refractivity contribution in [3.8, 4) is 11.8 Å². The van der Waals surface area contributed by atoms with Crippen LogP contribution in [0.5, 0.6) is 0 Å². The number of nitrogens with two attached hydrogens (primary N) is 1. The number of benzene rings is 1. The molecule has 106 valence electrons. The summed E-state index contributed by atoms with van der Waals surface area (Å²) in [6.07, 6.45) is 2.19. The zero-order chi connectivity index (χ0) is 14.5. The highest BCUT2D eigenvalue weighted by Gasteiger charge is 2.21. The van der Waals surface area contributed by atoms with Gasteiger partial charge in [-0.25, -0.2) is 0 Å². The minimum absolute atomic E-state index is 0.122. The third-order valence-corrected chi connectivity index (χ3v) is 3.73. The molecule has 2 N–H and O–H groups in total. The van der Waals surface area contributed by atoms with E-state index in [1.807, 2.05) is 30.0 Å². The van der Waals surface area contributed by atoms with Crippen LogP contribution in [0.15, 0.2) is 18.2 Å². The van der Waals surface area contributed by atoms with E-state index >= 15 is 0 Å². The van der Waals surface area contributed by atoms with Crippen LogP contribution in [0.25, 0.3) is 0 Å². The van der Waals surface area contributed by atoms with Gasteiger partial charge in [-0.2, -0.15) is 0 Å². The van der Waals surface area contributed by atoms with E-state index in [0.29, 0.717) is 6.54 Å². The van der Waals surface area contributed by atoms with Crippen LogP contribution < -0.4 is 5.73 Å². The number of carbonyl (C=O) groups is 1. The Morgan fingerprint density at radius 3 is 2.70 bits per heavy atom. The Kier molecular flexibility index (Phi) is 4.81. The quantitative estimate of drug-likeness (QED) is 0.795. The van der Waals surface area contributed by atoms with Crippen molar-refractivity contribution in [1.82, 2.24) is 4.90 Å². The van der Waals surface area contributed by atoms with Crippen molar-refractivity contribution in [1.29, 1.82) is 0 Å². The molecule has 1 amide bonds. The molecule has 3 nitrogen and oxygen atoms in total. The number of hydrogen-bond acceptors (Lipinski definition) is 2. The van der Waals surface area contributed by atoms with Crippen molar-refractivity contribution < 1.29 is 4.79 Å². The fraction of sp³-hybridized carbons (Fsp3) is 0.471. The maximum absolute atomic E-state index is 12.5. The van der Waals surface area contributed by atoms with Crippen molar-refractivity contribution in [2.75, 3.05) is 19.6 Å². The Bertz CT molecular complexity index is 546. The second-order valence-electron chi connectivity index (χ2n) is 5.57. The summed E-state index contributed by atoms with van der Waals surface area (Å²) in [4.78, 5) is 14.5. The van der Waals surface area contributed by atoms with E-state index in [9.17, 15) is 4.79 Å². The summed E-state index contributed by atoms with van der Waals surface area (Å²) in [5, 5.41) is 0. The molecule has 0 saturated carbocycles. The Morgan fingerprint density at radius 1 is 1.35 bits per heavy atom. The number of carbonyl (C=O) groups excluding carboxylic acids is 1. The van der Waals surface area contributed by atoms with Crippen molar-refractivity contribution >= 4 is 5.91 Å². The Balaban J connectivity index is 2.19. The molecule has 0 unspecified atom stereocenters. The highest BCUT2D eigenvalue weighted by molar-refractivity contribution is 5.94. The van der Waals surface area contributed by atoms with E-state index in [2.05, 4.69) is 18.8 Å². The van der Waals surface area contributed by atoms with Gasteiger partial charge in [-0.1, -0.05) is 18.8 Å². The summed E-state index contributed by atoms with van der Waals surface area (Å²) < 4.78 is 0. The van der Waals surface area contributed by atoms with Gasteiger partial charge in [0, 0.05) is 24.2 Å². The first-order valence-electron chi connectivity index (χ1n) is 7.20. The Labute approximate surface area is 121 Å². The minimum Gasteiger partial charge on any atom is -0.339 e. The molecule has 1 saturated heterocycles. The molecule has 1 aliphatic heterocycles. The molecule has 20 heavy (non-hydrogen) atoms. The van der Waals surface area contributed by atoms with Gasteiger partial charge in [-0.15, -0.1) is 0 Å². The summed E-state index contributed by atoms with van der Waals surface area (Å²) in [5.74, 6) is 6.69. The predicted octanol–water partition coefficient (Wildman–Crippen LogP) is 2.18. The third-order valence-electron chi connectivity index (χ3n) is 3.73. The number of hydrogen-bond donors (Lipinski definition) is 1. The van der Waals surface area contributed by atoms with Crippen LogP contribution in [0.3, 0.4) is 0 Å². The molecular formula is C17H22N2O. The zero-order valence-electron chi connectivity index (χ0n) is 12.3. The lowest BCUT2D eigenvalue weighted by Crippen LogP contribution is -2.37. The number of likely N-dealkylation sites (tertiary alicyclic amines) is 1. The maximum atomic E-state index is 12.5. The minimum atomic E-state index is 0.122. The lowest BCUT2D eigenvalue weighted by molar-refractivity contribution is 0.0697. The van der Waals surface area contributed by atoms with Crippen LogP contribution in [-0.4, -0.2) is 30.4 Å². The van der Waals surface area contributed by atoms with Gasteiger partial charge in [0.15, 0.2) is 0 Å². The third kappa shape index (κ3) is 3.61. The van der Waals surface area contributed by atoms with Gasteiger partial charge in [0.1, 0.15) is 0 Å². The highest BCUT2D eigenvalue weighted by Crippen LogP contribution is 2.19. The molecule has 1 fully saturated rings. The number of rotatable bonds is 1. The normalized spacial score (nSPS) is 15.7. The van der Waals surface area contributed by atoms with E-state index in [1.54, 1.807) is 0 Å². The summed E-state index contributed by atoms with van der Waals surface area (Å²) >= 11 is 0. The molecule has 0 aliphatic carbocycles. The topological polar surface area (TPSA) is 46.3 Å². The molecule has 3 heteroatoms. The van der Waals surface area contributed by atoms with Crippen LogP contribution in [0.4, 0.5) is 0 Å². The van der Waals surface area contributed by atoms with Crippen molar-refractivity contribution in [3.63, 3.8) is 0 Å². The van der Waals surface area contributed by atoms with E-state index in [4.69, 9.17) is 5.73 Å². The number of amides is 1. The summed E-state index contributed by atoms with van der Waals surface area (Å²) in [6, 6.07) is 5.79. The Morgan fingerprint density at radius 2 is 2.05 bits per heavy atom. The second kappa shape index (κ2) is 6.58. The highest BCUT2D eigenvalue weighted by atomic mass is 16.2. The fourth-order valence-corrected chi connectivity index (χ4v) is 2.53. The first-order valence-corrected chi connectivity index (χ1v) is 7.20. The molecule has 1 aromatic carbocycles. The lowest BCUT2D eigenvalue weighted by atomic mass is 9.98. The van der Waals surface area contributed by atoms with Crippen LogP contribution in [-0.2, 0) is 0 Å². The molecule has 1 aromatic rings. The average molecular weight is 270 g/mol. The Hall–Kier alpha value is -1.79. The predicted molar refractivity (Wildman–Crippen MR) is 81.4 cm³/mol. The van der Waals surface area contributed by atoms with Crippen LogP contribution in [0, 0.1) is 24.7 Å². The average Bonchev–Trinajstić information content (AvgIpc) is 2.44. The van der Waals surface area contributed by atoms with Crippen LogP contribution in [0.2, 0.25) is 0 Å². The molecule has 0 radical (unpaired) electrons. The smallest absolute Gasteiger partial charge is 0.253 e. The molecule has 2 rings (SSSR count). The summed E-state index contributed by atoms with van der Waals surface area (Å²) in [7, 11) is 0. The van der Waals surface area contributed by atoms with E-state index in [1.165, 1.54) is 0 Å². The van der Waals surface area contributed by atoms with Crippen molar-refractivity contribution in [3.05, 3.63) is 34.9 Å². The standard InChI is InChI=1S/C17H22N2O/c1-13-5-8-19(9-6-13)17(20)16-11-14(2)10-15(12-16)4-3-7-18/h10-13H,5-9,18H2,1-2H3. The molecule has 0 spiro atoms. The molecular weight excluding hydrogens is 248 g/mol. The molecule has 1 aliphatic rings. The molecule has 0 atom stereocenters. The van der Waals surface area contributed by atoms with Gasteiger partial charge in [-0.3, -0.25) is 4.79 Å². The molecule has 0 aromatic heterocycles. The van der Waals surface area contributed by atoms with Crippen LogP contribution >= 0.6 is 0 Å². The molecule has 0 bridgehead atoms. The summed E-state index contributed by atoms with van der Waals surface area (Å²) in [6.45, 7) is 6.29. The fourth-order valence-electron chi connectivity index (χ4n) is 2.53. The largest absolute Gasteiger partial charge is 0.339 e. The first-order chi connectivity index (χ1) is 9.60. The van der Waals surface area contributed by atoms with Gasteiger partial charge in [0.25, 0.3) is 5.91 Å². The first kappa shape index (κ1) is 14.6. The lowest BCUT2D eigenvalue weighted by Gasteiger charge is -2.30.